The molecule has 2 aliphatic rings. The Morgan fingerprint density at radius 3 is 2.61 bits per heavy atom. The molecule has 162 valence electrons. The maximum absolute atomic E-state index is 13.4. The maximum atomic E-state index is 13.4. The van der Waals surface area contributed by atoms with Gasteiger partial charge in [0, 0.05) is 38.0 Å². The lowest BCUT2D eigenvalue weighted by Crippen LogP contribution is -2.45. The number of rotatable bonds is 6. The topological polar surface area (TPSA) is 62.2 Å². The number of morpholine rings is 1. The molecule has 0 aromatic heterocycles. The summed E-state index contributed by atoms with van der Waals surface area (Å²) in [6.07, 6.45) is 2.65. The fourth-order valence-electron chi connectivity index (χ4n) is 4.10. The molecule has 2 amide bonds. The average molecular weight is 420 g/mol. The van der Waals surface area contributed by atoms with Crippen LogP contribution >= 0.6 is 0 Å². The Balaban J connectivity index is 1.53. The summed E-state index contributed by atoms with van der Waals surface area (Å²) in [5.41, 5.74) is 4.07. The lowest BCUT2D eigenvalue weighted by molar-refractivity contribution is -0.118. The second-order valence-corrected chi connectivity index (χ2v) is 8.18. The highest BCUT2D eigenvalue weighted by atomic mass is 16.5. The molecule has 1 saturated heterocycles. The first-order valence-corrected chi connectivity index (χ1v) is 10.9. The zero-order valence-corrected chi connectivity index (χ0v) is 18.2. The fourth-order valence-corrected chi connectivity index (χ4v) is 4.10. The summed E-state index contributed by atoms with van der Waals surface area (Å²) in [4.78, 5) is 34.8. The number of imide groups is 1. The molecule has 0 unspecified atom stereocenters. The first-order valence-electron chi connectivity index (χ1n) is 10.9. The van der Waals surface area contributed by atoms with E-state index >= 15 is 0 Å². The van der Waals surface area contributed by atoms with E-state index in [0.717, 1.165) is 56.0 Å². The van der Waals surface area contributed by atoms with Gasteiger partial charge in [-0.05, 0) is 55.2 Å². The van der Waals surface area contributed by atoms with E-state index in [4.69, 9.17) is 4.74 Å². The maximum Gasteiger partial charge on any atom is 0.265 e. The molecule has 2 heterocycles. The van der Waals surface area contributed by atoms with Gasteiger partial charge >= 0.3 is 0 Å². The Labute approximate surface area is 183 Å². The lowest BCUT2D eigenvalue weighted by Gasteiger charge is -2.31. The molecule has 4 rings (SSSR count). The molecular weight excluding hydrogens is 390 g/mol. The van der Waals surface area contributed by atoms with Crippen LogP contribution in [0.2, 0.25) is 0 Å². The molecule has 0 radical (unpaired) electrons. The molecule has 1 atom stereocenters. The number of fused-ring (bicyclic) bond motifs is 1. The SMILES string of the molecule is Cc1ccc(N2C(=O)c3ccccc3[C@@H](C=NCCCN3CCOCC3)C2=O)cc1C. The van der Waals surface area contributed by atoms with Gasteiger partial charge in [0.15, 0.2) is 0 Å². The molecular formula is C25H29N3O3. The van der Waals surface area contributed by atoms with Gasteiger partial charge in [0.25, 0.3) is 5.91 Å². The number of carbonyl (C=O) groups excluding carboxylic acids is 2. The molecule has 0 N–H and O–H groups in total. The van der Waals surface area contributed by atoms with Gasteiger partial charge in [-0.15, -0.1) is 0 Å². The van der Waals surface area contributed by atoms with Crippen molar-refractivity contribution in [2.75, 3.05) is 44.3 Å². The summed E-state index contributed by atoms with van der Waals surface area (Å²) < 4.78 is 5.38. The highest BCUT2D eigenvalue weighted by Gasteiger charge is 2.38. The monoisotopic (exact) mass is 419 g/mol. The van der Waals surface area contributed by atoms with Crippen LogP contribution in [0.25, 0.3) is 0 Å². The number of aryl methyl sites for hydroxylation is 2. The van der Waals surface area contributed by atoms with E-state index in [1.807, 2.05) is 50.2 Å². The number of benzene rings is 2. The lowest BCUT2D eigenvalue weighted by atomic mass is 9.88. The van der Waals surface area contributed by atoms with Crippen LogP contribution in [0.1, 0.15) is 39.4 Å². The highest BCUT2D eigenvalue weighted by Crippen LogP contribution is 2.32. The minimum atomic E-state index is -0.557. The van der Waals surface area contributed by atoms with Gasteiger partial charge in [0.2, 0.25) is 5.91 Å². The molecule has 2 aromatic rings. The zero-order chi connectivity index (χ0) is 21.8. The van der Waals surface area contributed by atoms with Crippen LogP contribution in [-0.2, 0) is 9.53 Å². The van der Waals surface area contributed by atoms with Crippen LogP contribution in [0, 0.1) is 13.8 Å². The smallest absolute Gasteiger partial charge is 0.265 e. The minimum Gasteiger partial charge on any atom is -0.379 e. The summed E-state index contributed by atoms with van der Waals surface area (Å²) in [5.74, 6) is -1.08. The third-order valence-corrected chi connectivity index (χ3v) is 6.08. The van der Waals surface area contributed by atoms with E-state index in [0.29, 0.717) is 17.8 Å². The Morgan fingerprint density at radius 2 is 1.84 bits per heavy atom. The van der Waals surface area contributed by atoms with Gasteiger partial charge in [-0.1, -0.05) is 24.3 Å². The van der Waals surface area contributed by atoms with E-state index in [-0.39, 0.29) is 11.8 Å². The number of aliphatic imine (C=N–C) groups is 1. The summed E-state index contributed by atoms with van der Waals surface area (Å²) in [5, 5.41) is 0. The number of carbonyl (C=O) groups is 2. The normalized spacial score (nSPS) is 19.8. The van der Waals surface area contributed by atoms with Crippen LogP contribution < -0.4 is 4.90 Å². The van der Waals surface area contributed by atoms with Crippen LogP contribution in [0.3, 0.4) is 0 Å². The van der Waals surface area contributed by atoms with Crippen LogP contribution in [-0.4, -0.2) is 62.3 Å². The van der Waals surface area contributed by atoms with Crippen molar-refractivity contribution < 1.29 is 14.3 Å². The summed E-state index contributed by atoms with van der Waals surface area (Å²) in [6.45, 7) is 9.14. The van der Waals surface area contributed by atoms with E-state index in [2.05, 4.69) is 9.89 Å². The molecule has 0 aliphatic carbocycles. The van der Waals surface area contributed by atoms with Gasteiger partial charge < -0.3 is 4.74 Å². The molecule has 0 bridgehead atoms. The Hall–Kier alpha value is -2.83. The minimum absolute atomic E-state index is 0.246. The van der Waals surface area contributed by atoms with Gasteiger partial charge in [-0.25, -0.2) is 4.90 Å². The van der Waals surface area contributed by atoms with E-state index < -0.39 is 5.92 Å². The molecule has 1 fully saturated rings. The first-order chi connectivity index (χ1) is 15.1. The van der Waals surface area contributed by atoms with E-state index in [1.165, 1.54) is 4.90 Å². The molecule has 6 nitrogen and oxygen atoms in total. The zero-order valence-electron chi connectivity index (χ0n) is 18.2. The summed E-state index contributed by atoms with van der Waals surface area (Å²) in [6, 6.07) is 13.0. The number of amides is 2. The number of hydrogen-bond acceptors (Lipinski definition) is 5. The summed E-state index contributed by atoms with van der Waals surface area (Å²) in [7, 11) is 0. The number of nitrogens with zero attached hydrogens (tertiary/aromatic N) is 3. The van der Waals surface area contributed by atoms with Crippen LogP contribution in [0.5, 0.6) is 0 Å². The second-order valence-electron chi connectivity index (χ2n) is 8.18. The quantitative estimate of drug-likeness (QED) is 0.409. The largest absolute Gasteiger partial charge is 0.379 e. The van der Waals surface area contributed by atoms with Crippen molar-refractivity contribution in [3.63, 3.8) is 0 Å². The number of ether oxygens (including phenoxy) is 1. The molecule has 31 heavy (non-hydrogen) atoms. The van der Waals surface area contributed by atoms with E-state index in [1.54, 1.807) is 12.3 Å². The predicted octanol–water partition coefficient (Wildman–Crippen LogP) is 3.37. The molecule has 6 heteroatoms. The standard InChI is InChI=1S/C25H29N3O3/c1-18-8-9-20(16-19(18)2)28-24(29)22-7-4-3-6-21(22)23(25(28)30)17-26-10-5-11-27-12-14-31-15-13-27/h3-4,6-9,16-17,23H,5,10-15H2,1-2H3/t23-/m1/s1. The van der Waals surface area contributed by atoms with Gasteiger partial charge in [-0.2, -0.15) is 0 Å². The third kappa shape index (κ3) is 4.60. The van der Waals surface area contributed by atoms with E-state index in [9.17, 15) is 9.59 Å². The van der Waals surface area contributed by atoms with Crippen molar-refractivity contribution >= 4 is 23.7 Å². The predicted molar refractivity (Wildman–Crippen MR) is 122 cm³/mol. The van der Waals surface area contributed by atoms with Gasteiger partial charge in [-0.3, -0.25) is 19.5 Å². The second kappa shape index (κ2) is 9.54. The Bertz CT molecular complexity index is 995. The van der Waals surface area contributed by atoms with Gasteiger partial charge in [0.1, 0.15) is 0 Å². The van der Waals surface area contributed by atoms with Crippen LogP contribution in [0.15, 0.2) is 47.5 Å². The van der Waals surface area contributed by atoms with Crippen molar-refractivity contribution in [3.8, 4) is 0 Å². The first kappa shape index (κ1) is 21.4. The van der Waals surface area contributed by atoms with Crippen molar-refractivity contribution in [1.29, 1.82) is 0 Å². The van der Waals surface area contributed by atoms with Crippen molar-refractivity contribution in [2.24, 2.45) is 4.99 Å². The van der Waals surface area contributed by atoms with Crippen molar-refractivity contribution in [1.82, 2.24) is 4.90 Å². The highest BCUT2D eigenvalue weighted by molar-refractivity contribution is 6.29. The molecule has 0 spiro atoms. The van der Waals surface area contributed by atoms with Crippen molar-refractivity contribution in [2.45, 2.75) is 26.2 Å². The Kier molecular flexibility index (Phi) is 6.59. The Morgan fingerprint density at radius 1 is 1.06 bits per heavy atom. The third-order valence-electron chi connectivity index (χ3n) is 6.08. The molecule has 0 saturated carbocycles. The average Bonchev–Trinajstić information content (AvgIpc) is 2.79. The number of hydrogen-bond donors (Lipinski definition) is 0. The molecule has 2 aliphatic heterocycles. The van der Waals surface area contributed by atoms with Crippen LogP contribution in [0.4, 0.5) is 5.69 Å². The molecule has 2 aromatic carbocycles. The fraction of sp³-hybridized carbons (Fsp3) is 0.400. The van der Waals surface area contributed by atoms with Crippen molar-refractivity contribution in [3.05, 3.63) is 64.7 Å². The number of anilines is 1. The van der Waals surface area contributed by atoms with Gasteiger partial charge in [0.05, 0.1) is 24.8 Å². The summed E-state index contributed by atoms with van der Waals surface area (Å²) >= 11 is 0.